The Morgan fingerprint density at radius 1 is 1.30 bits per heavy atom. The van der Waals surface area contributed by atoms with Gasteiger partial charge in [-0.1, -0.05) is 15.9 Å². The minimum atomic E-state index is -3.65. The molecule has 0 heterocycles. The average molecular weight is 368 g/mol. The molecular weight excluding hydrogens is 352 g/mol. The SMILES string of the molecule is Cc1cc(S(=O)(=O)NC2CCC(F)(F)CC2)ccc1Br. The zero-order valence-electron chi connectivity index (χ0n) is 11.0. The summed E-state index contributed by atoms with van der Waals surface area (Å²) in [6, 6.07) is 4.31. The molecular formula is C13H16BrF2NO2S. The molecule has 1 N–H and O–H groups in total. The van der Waals surface area contributed by atoms with E-state index in [4.69, 9.17) is 0 Å². The largest absolute Gasteiger partial charge is 0.248 e. The van der Waals surface area contributed by atoms with Crippen LogP contribution in [0.1, 0.15) is 31.2 Å². The molecule has 20 heavy (non-hydrogen) atoms. The standard InChI is InChI=1S/C13H16BrF2NO2S/c1-9-8-11(2-3-12(9)14)20(18,19)17-10-4-6-13(15,16)7-5-10/h2-3,8,10,17H,4-7H2,1H3. The molecule has 0 saturated heterocycles. The first-order chi connectivity index (χ1) is 9.20. The molecule has 0 unspecified atom stereocenters. The molecule has 1 aliphatic rings. The van der Waals surface area contributed by atoms with Crippen LogP contribution in [0.4, 0.5) is 8.78 Å². The van der Waals surface area contributed by atoms with Crippen LogP contribution in [0.25, 0.3) is 0 Å². The van der Waals surface area contributed by atoms with E-state index >= 15 is 0 Å². The summed E-state index contributed by atoms with van der Waals surface area (Å²) in [4.78, 5) is 0.163. The molecule has 112 valence electrons. The Bertz CT molecular complexity index is 594. The molecule has 1 aliphatic carbocycles. The van der Waals surface area contributed by atoms with Gasteiger partial charge in [-0.25, -0.2) is 21.9 Å². The maximum absolute atomic E-state index is 13.0. The van der Waals surface area contributed by atoms with Crippen LogP contribution >= 0.6 is 15.9 Å². The molecule has 1 aromatic rings. The van der Waals surface area contributed by atoms with Crippen LogP contribution in [-0.4, -0.2) is 20.4 Å². The summed E-state index contributed by atoms with van der Waals surface area (Å²) in [5, 5.41) is 0. The van der Waals surface area contributed by atoms with Crippen LogP contribution in [0.2, 0.25) is 0 Å². The number of aryl methyl sites for hydroxylation is 1. The van der Waals surface area contributed by atoms with E-state index < -0.39 is 22.0 Å². The fourth-order valence-corrected chi connectivity index (χ4v) is 3.87. The van der Waals surface area contributed by atoms with Gasteiger partial charge >= 0.3 is 0 Å². The molecule has 3 nitrogen and oxygen atoms in total. The van der Waals surface area contributed by atoms with E-state index in [0.717, 1.165) is 10.0 Å². The molecule has 0 aliphatic heterocycles. The molecule has 0 aromatic heterocycles. The number of hydrogen-bond donors (Lipinski definition) is 1. The minimum Gasteiger partial charge on any atom is -0.208 e. The van der Waals surface area contributed by atoms with Crippen molar-refractivity contribution < 1.29 is 17.2 Å². The van der Waals surface area contributed by atoms with Crippen LogP contribution in [0.3, 0.4) is 0 Å². The second-order valence-electron chi connectivity index (χ2n) is 5.16. The maximum Gasteiger partial charge on any atom is 0.248 e. The molecule has 0 amide bonds. The van der Waals surface area contributed by atoms with E-state index in [-0.39, 0.29) is 30.6 Å². The van der Waals surface area contributed by atoms with E-state index in [1.807, 2.05) is 0 Å². The van der Waals surface area contributed by atoms with Crippen LogP contribution in [-0.2, 0) is 10.0 Å². The summed E-state index contributed by atoms with van der Waals surface area (Å²) in [5.41, 5.74) is 0.808. The Kier molecular flexibility index (Phi) is 4.51. The first kappa shape index (κ1) is 15.9. The third-order valence-corrected chi connectivity index (χ3v) is 5.89. The van der Waals surface area contributed by atoms with Crippen molar-refractivity contribution in [3.8, 4) is 0 Å². The van der Waals surface area contributed by atoms with Gasteiger partial charge in [0.1, 0.15) is 0 Å². The smallest absolute Gasteiger partial charge is 0.208 e. The number of nitrogens with one attached hydrogen (secondary N) is 1. The summed E-state index contributed by atoms with van der Waals surface area (Å²) in [6.45, 7) is 1.80. The van der Waals surface area contributed by atoms with E-state index in [0.29, 0.717) is 0 Å². The molecule has 7 heteroatoms. The predicted octanol–water partition coefficient (Wildman–Crippen LogP) is 3.61. The maximum atomic E-state index is 13.0. The van der Waals surface area contributed by atoms with Crippen molar-refractivity contribution in [2.45, 2.75) is 49.5 Å². The number of hydrogen-bond acceptors (Lipinski definition) is 2. The number of sulfonamides is 1. The first-order valence-electron chi connectivity index (χ1n) is 6.36. The van der Waals surface area contributed by atoms with E-state index in [2.05, 4.69) is 20.7 Å². The molecule has 0 bridgehead atoms. The lowest BCUT2D eigenvalue weighted by atomic mass is 9.93. The number of rotatable bonds is 3. The third-order valence-electron chi connectivity index (χ3n) is 3.48. The topological polar surface area (TPSA) is 46.2 Å². The molecule has 1 saturated carbocycles. The Balaban J connectivity index is 2.10. The lowest BCUT2D eigenvalue weighted by molar-refractivity contribution is -0.0387. The van der Waals surface area contributed by atoms with E-state index in [9.17, 15) is 17.2 Å². The van der Waals surface area contributed by atoms with Gasteiger partial charge in [0.05, 0.1) is 4.90 Å². The van der Waals surface area contributed by atoms with Crippen molar-refractivity contribution in [3.05, 3.63) is 28.2 Å². The number of alkyl halides is 2. The predicted molar refractivity (Wildman–Crippen MR) is 76.4 cm³/mol. The van der Waals surface area contributed by atoms with Crippen molar-refractivity contribution in [2.24, 2.45) is 0 Å². The van der Waals surface area contributed by atoms with Gasteiger partial charge in [0, 0.05) is 23.4 Å². The second kappa shape index (κ2) is 5.69. The quantitative estimate of drug-likeness (QED) is 0.886. The summed E-state index contributed by atoms with van der Waals surface area (Å²) in [7, 11) is -3.65. The molecule has 0 atom stereocenters. The molecule has 0 spiro atoms. The monoisotopic (exact) mass is 367 g/mol. The van der Waals surface area contributed by atoms with Crippen molar-refractivity contribution in [1.82, 2.24) is 4.72 Å². The minimum absolute atomic E-state index is 0.163. The fraction of sp³-hybridized carbons (Fsp3) is 0.538. The van der Waals surface area contributed by atoms with Crippen molar-refractivity contribution in [3.63, 3.8) is 0 Å². The first-order valence-corrected chi connectivity index (χ1v) is 8.64. The van der Waals surface area contributed by atoms with Crippen LogP contribution in [0.5, 0.6) is 0 Å². The third kappa shape index (κ3) is 3.77. The highest BCUT2D eigenvalue weighted by atomic mass is 79.9. The molecule has 1 aromatic carbocycles. The van der Waals surface area contributed by atoms with Crippen LogP contribution in [0, 0.1) is 6.92 Å². The van der Waals surface area contributed by atoms with Crippen LogP contribution < -0.4 is 4.72 Å². The van der Waals surface area contributed by atoms with Crippen molar-refractivity contribution in [1.29, 1.82) is 0 Å². The highest BCUT2D eigenvalue weighted by Crippen LogP contribution is 2.33. The lowest BCUT2D eigenvalue weighted by Gasteiger charge is -2.28. The van der Waals surface area contributed by atoms with Gasteiger partial charge in [0.25, 0.3) is 0 Å². The highest BCUT2D eigenvalue weighted by molar-refractivity contribution is 9.10. The summed E-state index contributed by atoms with van der Waals surface area (Å²) in [6.07, 6.45) is -0.192. The summed E-state index contributed by atoms with van der Waals surface area (Å²) < 4.78 is 53.9. The van der Waals surface area contributed by atoms with E-state index in [1.165, 1.54) is 6.07 Å². The van der Waals surface area contributed by atoms with Gasteiger partial charge in [0.15, 0.2) is 0 Å². The Hall–Kier alpha value is -0.530. The number of benzene rings is 1. The van der Waals surface area contributed by atoms with Gasteiger partial charge in [-0.05, 0) is 43.5 Å². The Morgan fingerprint density at radius 3 is 2.45 bits per heavy atom. The average Bonchev–Trinajstić information content (AvgIpc) is 2.35. The summed E-state index contributed by atoms with van der Waals surface area (Å²) >= 11 is 3.31. The fourth-order valence-electron chi connectivity index (χ4n) is 2.23. The Labute approximate surface area is 125 Å². The van der Waals surface area contributed by atoms with Crippen LogP contribution in [0.15, 0.2) is 27.6 Å². The highest BCUT2D eigenvalue weighted by Gasteiger charge is 2.36. The van der Waals surface area contributed by atoms with Gasteiger partial charge < -0.3 is 0 Å². The zero-order valence-corrected chi connectivity index (χ0v) is 13.4. The van der Waals surface area contributed by atoms with Gasteiger partial charge in [-0.3, -0.25) is 0 Å². The molecule has 1 fully saturated rings. The normalized spacial score (nSPS) is 20.0. The van der Waals surface area contributed by atoms with Crippen molar-refractivity contribution in [2.75, 3.05) is 0 Å². The van der Waals surface area contributed by atoms with Gasteiger partial charge in [-0.15, -0.1) is 0 Å². The molecule has 0 radical (unpaired) electrons. The summed E-state index contributed by atoms with van der Waals surface area (Å²) in [5.74, 6) is -2.66. The Morgan fingerprint density at radius 2 is 1.90 bits per heavy atom. The van der Waals surface area contributed by atoms with Gasteiger partial charge in [0.2, 0.25) is 15.9 Å². The molecule has 2 rings (SSSR count). The second-order valence-corrected chi connectivity index (χ2v) is 7.73. The lowest BCUT2D eigenvalue weighted by Crippen LogP contribution is -2.40. The van der Waals surface area contributed by atoms with Gasteiger partial charge in [-0.2, -0.15) is 0 Å². The zero-order chi connectivity index (χ0) is 15.0. The van der Waals surface area contributed by atoms with Crippen molar-refractivity contribution >= 4 is 26.0 Å². The number of halogens is 3. The van der Waals surface area contributed by atoms with E-state index in [1.54, 1.807) is 19.1 Å².